The molecular weight excluding hydrogens is 346 g/mol. The van der Waals surface area contributed by atoms with Crippen LogP contribution in [0, 0.1) is 5.92 Å². The van der Waals surface area contributed by atoms with E-state index in [1.165, 1.54) is 0 Å². The van der Waals surface area contributed by atoms with Crippen molar-refractivity contribution in [1.29, 1.82) is 0 Å². The van der Waals surface area contributed by atoms with Crippen molar-refractivity contribution >= 4 is 22.8 Å². The van der Waals surface area contributed by atoms with Crippen molar-refractivity contribution in [2.75, 3.05) is 32.8 Å². The number of nitrogens with one attached hydrogen (secondary N) is 4. The van der Waals surface area contributed by atoms with Crippen LogP contribution >= 0.6 is 0 Å². The normalized spacial score (nSPS) is 16.3. The van der Waals surface area contributed by atoms with E-state index in [2.05, 4.69) is 39.9 Å². The Balaban J connectivity index is 1.49. The molecule has 3 rings (SSSR count). The lowest BCUT2D eigenvalue weighted by atomic mass is 10.0. The zero-order valence-electron chi connectivity index (χ0n) is 15.7. The molecule has 1 fully saturated rings. The zero-order valence-corrected chi connectivity index (χ0v) is 15.7. The van der Waals surface area contributed by atoms with Gasteiger partial charge in [-0.3, -0.25) is 15.1 Å². The van der Waals surface area contributed by atoms with Crippen molar-refractivity contribution < 1.29 is 14.3 Å². The van der Waals surface area contributed by atoms with Crippen molar-refractivity contribution in [1.82, 2.24) is 26.1 Å². The molecule has 0 aliphatic carbocycles. The molecule has 27 heavy (non-hydrogen) atoms. The molecule has 3 amide bonds. The molecule has 8 nitrogen and oxygen atoms in total. The van der Waals surface area contributed by atoms with Crippen LogP contribution in [0.5, 0.6) is 0 Å². The summed E-state index contributed by atoms with van der Waals surface area (Å²) in [7, 11) is 0. The van der Waals surface area contributed by atoms with E-state index in [9.17, 15) is 9.59 Å². The number of rotatable bonds is 5. The number of benzene rings is 1. The number of ether oxygens (including phenoxy) is 1. The number of aromatic amines is 1. The van der Waals surface area contributed by atoms with Gasteiger partial charge in [0.25, 0.3) is 5.91 Å². The number of carbonyl (C=O) groups is 2. The molecule has 0 spiro atoms. The van der Waals surface area contributed by atoms with Crippen molar-refractivity contribution in [3.05, 3.63) is 36.0 Å². The average Bonchev–Trinajstić information content (AvgIpc) is 3.11. The predicted molar refractivity (Wildman–Crippen MR) is 103 cm³/mol. The van der Waals surface area contributed by atoms with E-state index in [4.69, 9.17) is 4.74 Å². The highest BCUT2D eigenvalue weighted by Gasteiger charge is 2.24. The monoisotopic (exact) mass is 373 g/mol. The fraction of sp³-hybridized carbons (Fsp3) is 0.474. The van der Waals surface area contributed by atoms with Gasteiger partial charge in [0.2, 0.25) is 0 Å². The number of morpholine rings is 1. The second kappa shape index (κ2) is 8.88. The highest BCUT2D eigenvalue weighted by atomic mass is 16.5. The third kappa shape index (κ3) is 4.78. The lowest BCUT2D eigenvalue weighted by Crippen LogP contribution is -2.54. The minimum atomic E-state index is -0.429. The van der Waals surface area contributed by atoms with E-state index >= 15 is 0 Å². The van der Waals surface area contributed by atoms with Gasteiger partial charge in [0, 0.05) is 42.8 Å². The van der Waals surface area contributed by atoms with E-state index < -0.39 is 6.03 Å². The Hall–Kier alpha value is -2.58. The molecule has 1 aromatic heterocycles. The number of H-pyrrole nitrogens is 1. The quantitative estimate of drug-likeness (QED) is 0.597. The van der Waals surface area contributed by atoms with E-state index in [-0.39, 0.29) is 11.9 Å². The summed E-state index contributed by atoms with van der Waals surface area (Å²) in [5.41, 5.74) is 6.24. The summed E-state index contributed by atoms with van der Waals surface area (Å²) in [6, 6.07) is 7.31. The lowest BCUT2D eigenvalue weighted by molar-refractivity contribution is 0.00717. The van der Waals surface area contributed by atoms with Crippen LogP contribution in [0.15, 0.2) is 30.5 Å². The molecule has 1 aliphatic rings. The van der Waals surface area contributed by atoms with Gasteiger partial charge in [-0.2, -0.15) is 0 Å². The lowest BCUT2D eigenvalue weighted by Gasteiger charge is -2.36. The number of carbonyl (C=O) groups excluding carboxylic acids is 2. The highest BCUT2D eigenvalue weighted by Crippen LogP contribution is 2.17. The second-order valence-electron chi connectivity index (χ2n) is 7.00. The average molecular weight is 373 g/mol. The molecule has 4 N–H and O–H groups in total. The number of aromatic nitrogens is 1. The molecule has 1 unspecified atom stereocenters. The highest BCUT2D eigenvalue weighted by molar-refractivity contribution is 6.06. The maximum atomic E-state index is 12.3. The van der Waals surface area contributed by atoms with Crippen molar-refractivity contribution in [3.63, 3.8) is 0 Å². The summed E-state index contributed by atoms with van der Waals surface area (Å²) >= 11 is 0. The summed E-state index contributed by atoms with van der Waals surface area (Å²) in [5, 5.41) is 3.65. The first kappa shape index (κ1) is 19.2. The van der Waals surface area contributed by atoms with Crippen molar-refractivity contribution in [2.45, 2.75) is 19.9 Å². The summed E-state index contributed by atoms with van der Waals surface area (Å²) in [4.78, 5) is 29.8. The molecule has 1 saturated heterocycles. The maximum Gasteiger partial charge on any atom is 0.333 e. The standard InChI is InChI=1S/C19H27N5O3/c1-13(2)17(24-7-9-27-10-8-24)12-21-19(26)23-22-18(25)15-11-20-16-6-4-3-5-14(15)16/h3-6,11,13,17,20H,7-10,12H2,1-2H3,(H,22,25)(H2,21,23,26). The summed E-state index contributed by atoms with van der Waals surface area (Å²) in [5.74, 6) is 0.0281. The number of hydrazine groups is 1. The van der Waals surface area contributed by atoms with Crippen LogP contribution in [0.3, 0.4) is 0 Å². The van der Waals surface area contributed by atoms with Crippen LogP contribution in [0.4, 0.5) is 4.79 Å². The topological polar surface area (TPSA) is 98.5 Å². The summed E-state index contributed by atoms with van der Waals surface area (Å²) in [6.07, 6.45) is 1.63. The number of urea groups is 1. The van der Waals surface area contributed by atoms with Gasteiger partial charge in [0.05, 0.1) is 18.8 Å². The van der Waals surface area contributed by atoms with Gasteiger partial charge in [-0.05, 0) is 12.0 Å². The number of amides is 3. The fourth-order valence-electron chi connectivity index (χ4n) is 3.38. The first-order valence-corrected chi connectivity index (χ1v) is 9.28. The van der Waals surface area contributed by atoms with E-state index in [1.54, 1.807) is 6.20 Å². The smallest absolute Gasteiger partial charge is 0.333 e. The Bertz CT molecular complexity index is 782. The third-order valence-corrected chi connectivity index (χ3v) is 4.88. The van der Waals surface area contributed by atoms with Gasteiger partial charge in [-0.15, -0.1) is 0 Å². The Labute approximate surface area is 158 Å². The second-order valence-corrected chi connectivity index (χ2v) is 7.00. The maximum absolute atomic E-state index is 12.3. The van der Waals surface area contributed by atoms with Gasteiger partial charge < -0.3 is 15.0 Å². The molecule has 1 aliphatic heterocycles. The van der Waals surface area contributed by atoms with Gasteiger partial charge in [0.1, 0.15) is 0 Å². The number of nitrogens with zero attached hydrogens (tertiary/aromatic N) is 1. The molecule has 0 radical (unpaired) electrons. The van der Waals surface area contributed by atoms with Gasteiger partial charge >= 0.3 is 6.03 Å². The van der Waals surface area contributed by atoms with Crippen LogP contribution in [-0.2, 0) is 4.74 Å². The Morgan fingerprint density at radius 3 is 2.67 bits per heavy atom. The molecule has 2 aromatic rings. The van der Waals surface area contributed by atoms with Gasteiger partial charge in [-0.1, -0.05) is 32.0 Å². The van der Waals surface area contributed by atoms with E-state index in [0.29, 0.717) is 18.0 Å². The van der Waals surface area contributed by atoms with Gasteiger partial charge in [-0.25, -0.2) is 10.2 Å². The summed E-state index contributed by atoms with van der Waals surface area (Å²) in [6.45, 7) is 7.95. The molecule has 146 valence electrons. The molecular formula is C19H27N5O3. The molecule has 8 heteroatoms. The Morgan fingerprint density at radius 1 is 1.19 bits per heavy atom. The van der Waals surface area contributed by atoms with E-state index in [0.717, 1.165) is 37.2 Å². The largest absolute Gasteiger partial charge is 0.379 e. The minimum Gasteiger partial charge on any atom is -0.379 e. The predicted octanol–water partition coefficient (Wildman–Crippen LogP) is 1.47. The van der Waals surface area contributed by atoms with Crippen molar-refractivity contribution in [3.8, 4) is 0 Å². The third-order valence-electron chi connectivity index (χ3n) is 4.88. The zero-order chi connectivity index (χ0) is 19.2. The molecule has 0 saturated carbocycles. The fourth-order valence-corrected chi connectivity index (χ4v) is 3.38. The number of hydrogen-bond donors (Lipinski definition) is 4. The minimum absolute atomic E-state index is 0.226. The van der Waals surface area contributed by atoms with Crippen LogP contribution in [0.1, 0.15) is 24.2 Å². The van der Waals surface area contributed by atoms with Crippen LogP contribution in [0.25, 0.3) is 10.9 Å². The van der Waals surface area contributed by atoms with Crippen LogP contribution in [0.2, 0.25) is 0 Å². The first-order chi connectivity index (χ1) is 13.1. The summed E-state index contributed by atoms with van der Waals surface area (Å²) < 4.78 is 5.39. The van der Waals surface area contributed by atoms with Crippen LogP contribution in [-0.4, -0.2) is 60.7 Å². The van der Waals surface area contributed by atoms with Crippen LogP contribution < -0.4 is 16.2 Å². The first-order valence-electron chi connectivity index (χ1n) is 9.28. The molecule has 1 atom stereocenters. The number of para-hydroxylation sites is 1. The molecule has 0 bridgehead atoms. The Kier molecular flexibility index (Phi) is 6.31. The SMILES string of the molecule is CC(C)C(CNC(=O)NNC(=O)c1c[nH]c2ccccc12)N1CCOCC1. The Morgan fingerprint density at radius 2 is 1.93 bits per heavy atom. The van der Waals surface area contributed by atoms with E-state index in [1.807, 2.05) is 24.3 Å². The molecule has 2 heterocycles. The van der Waals surface area contributed by atoms with Crippen molar-refractivity contribution in [2.24, 2.45) is 5.92 Å². The molecule has 1 aromatic carbocycles. The number of fused-ring (bicyclic) bond motifs is 1. The van der Waals surface area contributed by atoms with Gasteiger partial charge in [0.15, 0.2) is 0 Å². The number of hydrogen-bond acceptors (Lipinski definition) is 4.